The van der Waals surface area contributed by atoms with E-state index in [2.05, 4.69) is 63.2 Å². The van der Waals surface area contributed by atoms with Gasteiger partial charge >= 0.3 is 0 Å². The maximum absolute atomic E-state index is 4.82. The Kier molecular flexibility index (Phi) is 5.26. The Balaban J connectivity index is 1.99. The zero-order chi connectivity index (χ0) is 15.5. The average Bonchev–Trinajstić information content (AvgIpc) is 2.45. The molecule has 0 radical (unpaired) electrons. The van der Waals surface area contributed by atoms with Crippen molar-refractivity contribution in [2.24, 2.45) is 5.41 Å². The lowest BCUT2D eigenvalue weighted by molar-refractivity contribution is 0.222. The van der Waals surface area contributed by atoms with Crippen LogP contribution in [0.2, 0.25) is 0 Å². The van der Waals surface area contributed by atoms with Crippen LogP contribution in [0.4, 0.5) is 5.82 Å². The van der Waals surface area contributed by atoms with Crippen LogP contribution in [-0.2, 0) is 6.54 Å². The third-order valence-corrected chi connectivity index (χ3v) is 4.70. The monoisotopic (exact) mass is 289 g/mol. The van der Waals surface area contributed by atoms with E-state index in [1.807, 2.05) is 0 Å². The molecule has 0 saturated heterocycles. The van der Waals surface area contributed by atoms with Crippen molar-refractivity contribution in [2.45, 2.75) is 72.0 Å². The van der Waals surface area contributed by atoms with E-state index in [0.717, 1.165) is 18.1 Å². The quantitative estimate of drug-likeness (QED) is 0.888. The summed E-state index contributed by atoms with van der Waals surface area (Å²) >= 11 is 0. The summed E-state index contributed by atoms with van der Waals surface area (Å²) in [6.45, 7) is 9.95. The number of hydrogen-bond donors (Lipinski definition) is 1. The number of nitrogens with one attached hydrogen (secondary N) is 1. The molecule has 0 aliphatic heterocycles. The zero-order valence-corrected chi connectivity index (χ0v) is 14.3. The molecule has 2 rings (SSSR count). The minimum Gasteiger partial charge on any atom is -0.357 e. The van der Waals surface area contributed by atoms with Crippen molar-refractivity contribution in [3.8, 4) is 0 Å². The highest BCUT2D eigenvalue weighted by molar-refractivity contribution is 5.39. The first-order valence-corrected chi connectivity index (χ1v) is 8.29. The third kappa shape index (κ3) is 4.70. The molecule has 1 N–H and O–H groups in total. The Morgan fingerprint density at radius 1 is 1.29 bits per heavy atom. The van der Waals surface area contributed by atoms with Crippen LogP contribution in [0, 0.1) is 5.41 Å². The molecule has 21 heavy (non-hydrogen) atoms. The number of hydrogen-bond acceptors (Lipinski definition) is 3. The predicted octanol–water partition coefficient (Wildman–Crippen LogP) is 3.98. The Hall–Kier alpha value is -1.09. The first-order chi connectivity index (χ1) is 9.87. The second-order valence-electron chi connectivity index (χ2n) is 7.53. The van der Waals surface area contributed by atoms with Gasteiger partial charge in [0.15, 0.2) is 0 Å². The number of pyridine rings is 1. The Morgan fingerprint density at radius 2 is 1.95 bits per heavy atom. The van der Waals surface area contributed by atoms with Crippen LogP contribution < -0.4 is 10.2 Å². The van der Waals surface area contributed by atoms with Gasteiger partial charge in [0.2, 0.25) is 0 Å². The number of nitrogens with zero attached hydrogens (tertiary/aromatic N) is 2. The van der Waals surface area contributed by atoms with Crippen LogP contribution >= 0.6 is 0 Å². The van der Waals surface area contributed by atoms with Crippen molar-refractivity contribution in [3.63, 3.8) is 0 Å². The normalized spacial score (nSPS) is 19.0. The fourth-order valence-corrected chi connectivity index (χ4v) is 3.03. The molecule has 1 aromatic heterocycles. The highest BCUT2D eigenvalue weighted by Gasteiger charge is 2.29. The SMILES string of the molecule is CC(C)NCc1cccc(N(C)C2CCC(C)(C)CC2)n1. The Bertz CT molecular complexity index is 444. The molecule has 1 saturated carbocycles. The van der Waals surface area contributed by atoms with Crippen LogP contribution in [0.15, 0.2) is 18.2 Å². The van der Waals surface area contributed by atoms with Gasteiger partial charge < -0.3 is 10.2 Å². The van der Waals surface area contributed by atoms with E-state index in [1.54, 1.807) is 0 Å². The van der Waals surface area contributed by atoms with E-state index < -0.39 is 0 Å². The van der Waals surface area contributed by atoms with Crippen molar-refractivity contribution in [1.82, 2.24) is 10.3 Å². The molecule has 0 unspecified atom stereocenters. The van der Waals surface area contributed by atoms with Crippen molar-refractivity contribution in [1.29, 1.82) is 0 Å². The van der Waals surface area contributed by atoms with Crippen LogP contribution in [0.25, 0.3) is 0 Å². The summed E-state index contributed by atoms with van der Waals surface area (Å²) in [5, 5.41) is 3.44. The smallest absolute Gasteiger partial charge is 0.128 e. The van der Waals surface area contributed by atoms with Crippen LogP contribution in [0.1, 0.15) is 59.1 Å². The van der Waals surface area contributed by atoms with Gasteiger partial charge in [0.25, 0.3) is 0 Å². The molecule has 0 aromatic carbocycles. The number of rotatable bonds is 5. The molecular formula is C18H31N3. The maximum Gasteiger partial charge on any atom is 0.128 e. The van der Waals surface area contributed by atoms with E-state index >= 15 is 0 Å². The van der Waals surface area contributed by atoms with Crippen LogP contribution in [-0.4, -0.2) is 24.1 Å². The highest BCUT2D eigenvalue weighted by atomic mass is 15.2. The van der Waals surface area contributed by atoms with Crippen molar-refractivity contribution in [2.75, 3.05) is 11.9 Å². The summed E-state index contributed by atoms with van der Waals surface area (Å²) < 4.78 is 0. The molecule has 3 nitrogen and oxygen atoms in total. The van der Waals surface area contributed by atoms with Crippen LogP contribution in [0.5, 0.6) is 0 Å². The van der Waals surface area contributed by atoms with E-state index in [1.165, 1.54) is 25.7 Å². The molecule has 1 aliphatic carbocycles. The lowest BCUT2D eigenvalue weighted by Gasteiger charge is -2.39. The number of aromatic nitrogens is 1. The predicted molar refractivity (Wildman–Crippen MR) is 90.7 cm³/mol. The summed E-state index contributed by atoms with van der Waals surface area (Å²) in [5.41, 5.74) is 1.65. The molecule has 3 heteroatoms. The summed E-state index contributed by atoms with van der Waals surface area (Å²) in [5.74, 6) is 1.11. The molecule has 0 amide bonds. The topological polar surface area (TPSA) is 28.2 Å². The van der Waals surface area contributed by atoms with Gasteiger partial charge in [-0.15, -0.1) is 0 Å². The molecule has 0 bridgehead atoms. The number of anilines is 1. The molecule has 1 heterocycles. The van der Waals surface area contributed by atoms with Crippen LogP contribution in [0.3, 0.4) is 0 Å². The van der Waals surface area contributed by atoms with Gasteiger partial charge in [-0.1, -0.05) is 33.8 Å². The highest BCUT2D eigenvalue weighted by Crippen LogP contribution is 2.37. The fourth-order valence-electron chi connectivity index (χ4n) is 3.03. The molecule has 118 valence electrons. The first-order valence-electron chi connectivity index (χ1n) is 8.29. The second-order valence-corrected chi connectivity index (χ2v) is 7.53. The zero-order valence-electron chi connectivity index (χ0n) is 14.3. The largest absolute Gasteiger partial charge is 0.357 e. The summed E-state index contributed by atoms with van der Waals surface area (Å²) in [7, 11) is 2.20. The summed E-state index contributed by atoms with van der Waals surface area (Å²) in [6, 6.07) is 7.51. The van der Waals surface area contributed by atoms with Crippen molar-refractivity contribution in [3.05, 3.63) is 23.9 Å². The van der Waals surface area contributed by atoms with E-state index in [-0.39, 0.29) is 0 Å². The molecule has 0 atom stereocenters. The van der Waals surface area contributed by atoms with E-state index in [4.69, 9.17) is 4.98 Å². The standard InChI is InChI=1S/C18H31N3/c1-14(2)19-13-15-7-6-8-17(20-15)21(5)16-9-11-18(3,4)12-10-16/h6-8,14,16,19H,9-13H2,1-5H3. The average molecular weight is 289 g/mol. The molecule has 0 spiro atoms. The minimum absolute atomic E-state index is 0.494. The second kappa shape index (κ2) is 6.78. The molecule has 1 fully saturated rings. The van der Waals surface area contributed by atoms with Gasteiger partial charge in [0.1, 0.15) is 5.82 Å². The lowest BCUT2D eigenvalue weighted by atomic mass is 9.75. The van der Waals surface area contributed by atoms with Crippen molar-refractivity contribution >= 4 is 5.82 Å². The van der Waals surface area contributed by atoms with Gasteiger partial charge in [-0.25, -0.2) is 4.98 Å². The molecule has 1 aromatic rings. The summed E-state index contributed by atoms with van der Waals surface area (Å²) in [6.07, 6.45) is 5.19. The third-order valence-electron chi connectivity index (χ3n) is 4.70. The van der Waals surface area contributed by atoms with Gasteiger partial charge in [-0.3, -0.25) is 0 Å². The minimum atomic E-state index is 0.494. The maximum atomic E-state index is 4.82. The Morgan fingerprint density at radius 3 is 2.57 bits per heavy atom. The lowest BCUT2D eigenvalue weighted by Crippen LogP contribution is -2.37. The van der Waals surface area contributed by atoms with Gasteiger partial charge in [0, 0.05) is 25.7 Å². The Labute approximate surface area is 130 Å². The summed E-state index contributed by atoms with van der Waals surface area (Å²) in [4.78, 5) is 7.20. The molecular weight excluding hydrogens is 258 g/mol. The molecule has 1 aliphatic rings. The van der Waals surface area contributed by atoms with Gasteiger partial charge in [-0.05, 0) is 43.2 Å². The van der Waals surface area contributed by atoms with Crippen molar-refractivity contribution < 1.29 is 0 Å². The van der Waals surface area contributed by atoms with Gasteiger partial charge in [0.05, 0.1) is 5.69 Å². The van der Waals surface area contributed by atoms with E-state index in [0.29, 0.717) is 17.5 Å². The van der Waals surface area contributed by atoms with Gasteiger partial charge in [-0.2, -0.15) is 0 Å². The van der Waals surface area contributed by atoms with E-state index in [9.17, 15) is 0 Å². The fraction of sp³-hybridized carbons (Fsp3) is 0.722. The first kappa shape index (κ1) is 16.3.